The molecule has 3 rings (SSSR count). The van der Waals surface area contributed by atoms with Crippen molar-refractivity contribution in [1.29, 1.82) is 0 Å². The molecule has 0 atom stereocenters. The van der Waals surface area contributed by atoms with Crippen LogP contribution in [0, 0.1) is 10.1 Å². The Morgan fingerprint density at radius 3 is 2.48 bits per heavy atom. The lowest BCUT2D eigenvalue weighted by Crippen LogP contribution is -2.09. The first-order chi connectivity index (χ1) is 11.8. The zero-order valence-electron chi connectivity index (χ0n) is 12.6. The molecule has 0 aliphatic rings. The first-order valence-corrected chi connectivity index (χ1v) is 10.4. The van der Waals surface area contributed by atoms with Gasteiger partial charge in [-0.15, -0.1) is 0 Å². The van der Waals surface area contributed by atoms with E-state index in [1.807, 2.05) is 0 Å². The molecular formula is C15H11Br2N3O4S. The predicted molar refractivity (Wildman–Crippen MR) is 100 cm³/mol. The molecule has 10 heteroatoms. The van der Waals surface area contributed by atoms with E-state index in [2.05, 4.69) is 36.8 Å². The van der Waals surface area contributed by atoms with Gasteiger partial charge in [-0.05, 0) is 48.4 Å². The summed E-state index contributed by atoms with van der Waals surface area (Å²) in [5.41, 5.74) is 0.831. The van der Waals surface area contributed by atoms with E-state index < -0.39 is 20.5 Å². The number of sulfone groups is 1. The molecule has 0 N–H and O–H groups in total. The molecule has 0 unspecified atom stereocenters. The maximum Gasteiger partial charge on any atom is 0.352 e. The molecule has 3 aromatic rings. The normalized spacial score (nSPS) is 11.8. The summed E-state index contributed by atoms with van der Waals surface area (Å²) in [7, 11) is -3.62. The molecular weight excluding hydrogens is 478 g/mol. The molecule has 0 bridgehead atoms. The third-order valence-corrected chi connectivity index (χ3v) is 5.95. The van der Waals surface area contributed by atoms with Crippen LogP contribution in [0.25, 0.3) is 5.65 Å². The second-order valence-electron chi connectivity index (χ2n) is 5.36. The number of fused-ring (bicyclic) bond motifs is 1. The number of imidazole rings is 1. The van der Waals surface area contributed by atoms with Crippen molar-refractivity contribution in [3.8, 4) is 0 Å². The first-order valence-electron chi connectivity index (χ1n) is 7.01. The quantitative estimate of drug-likeness (QED) is 0.401. The Balaban J connectivity index is 2.05. The first kappa shape index (κ1) is 18.0. The molecule has 0 amide bonds. The van der Waals surface area contributed by atoms with Gasteiger partial charge < -0.3 is 10.1 Å². The average molecular weight is 489 g/mol. The molecule has 1 aromatic carbocycles. The van der Waals surface area contributed by atoms with E-state index in [4.69, 9.17) is 0 Å². The van der Waals surface area contributed by atoms with Crippen LogP contribution in [0.4, 0.5) is 5.82 Å². The summed E-state index contributed by atoms with van der Waals surface area (Å²) in [5, 5.41) is 11.5. The van der Waals surface area contributed by atoms with Crippen LogP contribution in [-0.2, 0) is 21.3 Å². The van der Waals surface area contributed by atoms with Crippen molar-refractivity contribution < 1.29 is 13.3 Å². The van der Waals surface area contributed by atoms with Crippen LogP contribution in [0.2, 0.25) is 0 Å². The maximum absolute atomic E-state index is 12.5. The second kappa shape index (κ2) is 6.85. The van der Waals surface area contributed by atoms with Gasteiger partial charge in [0.1, 0.15) is 11.9 Å². The maximum atomic E-state index is 12.5. The Hall–Kier alpha value is -1.78. The fourth-order valence-corrected chi connectivity index (χ4v) is 5.17. The molecule has 0 fully saturated rings. The van der Waals surface area contributed by atoms with Crippen LogP contribution in [0.5, 0.6) is 0 Å². The minimum absolute atomic E-state index is 0.0836. The number of hydrogen-bond donors (Lipinski definition) is 0. The van der Waals surface area contributed by atoms with Crippen LogP contribution >= 0.6 is 31.9 Å². The summed E-state index contributed by atoms with van der Waals surface area (Å²) >= 11 is 6.55. The van der Waals surface area contributed by atoms with Crippen molar-refractivity contribution >= 4 is 53.2 Å². The van der Waals surface area contributed by atoms with Gasteiger partial charge in [-0.3, -0.25) is 0 Å². The highest BCUT2D eigenvalue weighted by atomic mass is 79.9. The molecule has 2 heterocycles. The minimum Gasteiger partial charge on any atom is -0.358 e. The van der Waals surface area contributed by atoms with Crippen LogP contribution in [-0.4, -0.2) is 22.7 Å². The molecule has 0 spiro atoms. The number of benzene rings is 1. The van der Waals surface area contributed by atoms with Crippen molar-refractivity contribution in [2.45, 2.75) is 11.5 Å². The Bertz CT molecular complexity index is 1070. The molecule has 130 valence electrons. The standard InChI is InChI=1S/C15H11Br2N3O4S/c16-11-6-12(17)14-18-13(15(20(21)22)19(14)7-11)9-25(23,24)8-10-4-2-1-3-5-10/h1-7H,8-9H2. The third-order valence-electron chi connectivity index (χ3n) is 3.44. The van der Waals surface area contributed by atoms with Crippen LogP contribution < -0.4 is 0 Å². The summed E-state index contributed by atoms with van der Waals surface area (Å²) < 4.78 is 27.4. The number of aromatic nitrogens is 2. The van der Waals surface area contributed by atoms with Gasteiger partial charge in [0.2, 0.25) is 5.65 Å². The summed E-state index contributed by atoms with van der Waals surface area (Å²) in [6.07, 6.45) is 1.48. The van der Waals surface area contributed by atoms with Gasteiger partial charge in [0.25, 0.3) is 0 Å². The smallest absolute Gasteiger partial charge is 0.352 e. The van der Waals surface area contributed by atoms with Crippen molar-refractivity contribution in [3.05, 3.63) is 72.9 Å². The van der Waals surface area contributed by atoms with Crippen LogP contribution in [0.1, 0.15) is 11.3 Å². The Kier molecular flexibility index (Phi) is 4.94. The van der Waals surface area contributed by atoms with Crippen molar-refractivity contribution in [2.75, 3.05) is 0 Å². The highest BCUT2D eigenvalue weighted by molar-refractivity contribution is 9.11. The molecule has 0 aliphatic heterocycles. The molecule has 7 nitrogen and oxygen atoms in total. The monoisotopic (exact) mass is 487 g/mol. The van der Waals surface area contributed by atoms with Gasteiger partial charge >= 0.3 is 5.82 Å². The topological polar surface area (TPSA) is 94.6 Å². The number of rotatable bonds is 5. The summed E-state index contributed by atoms with van der Waals surface area (Å²) in [6, 6.07) is 10.4. The number of nitro groups is 1. The van der Waals surface area contributed by atoms with Gasteiger partial charge in [-0.2, -0.15) is 4.40 Å². The zero-order valence-corrected chi connectivity index (χ0v) is 16.6. The van der Waals surface area contributed by atoms with Gasteiger partial charge in [0.15, 0.2) is 15.5 Å². The zero-order chi connectivity index (χ0) is 18.2. The molecule has 0 aliphatic carbocycles. The SMILES string of the molecule is O=[N+]([O-])c1c(CS(=O)(=O)Cc2ccccc2)nc2c(Br)cc(Br)cn12. The number of nitrogens with zero attached hydrogens (tertiary/aromatic N) is 3. The van der Waals surface area contributed by atoms with Crippen LogP contribution in [0.3, 0.4) is 0 Å². The minimum atomic E-state index is -3.62. The number of halogens is 2. The summed E-state index contributed by atoms with van der Waals surface area (Å²) in [4.78, 5) is 15.0. The van der Waals surface area contributed by atoms with Crippen molar-refractivity contribution in [2.24, 2.45) is 0 Å². The Labute approximate surface area is 160 Å². The van der Waals surface area contributed by atoms with Gasteiger partial charge in [0, 0.05) is 0 Å². The van der Waals surface area contributed by atoms with E-state index in [-0.39, 0.29) is 17.3 Å². The molecule has 0 radical (unpaired) electrons. The van der Waals surface area contributed by atoms with Crippen molar-refractivity contribution in [3.63, 3.8) is 0 Å². The Morgan fingerprint density at radius 2 is 1.84 bits per heavy atom. The van der Waals surface area contributed by atoms with E-state index in [9.17, 15) is 18.5 Å². The van der Waals surface area contributed by atoms with E-state index >= 15 is 0 Å². The van der Waals surface area contributed by atoms with E-state index in [1.54, 1.807) is 36.4 Å². The molecule has 0 saturated carbocycles. The second-order valence-corrected chi connectivity index (χ2v) is 9.19. The Morgan fingerprint density at radius 1 is 1.16 bits per heavy atom. The lowest BCUT2D eigenvalue weighted by Gasteiger charge is -2.03. The average Bonchev–Trinajstić information content (AvgIpc) is 2.85. The highest BCUT2D eigenvalue weighted by Crippen LogP contribution is 2.30. The van der Waals surface area contributed by atoms with Gasteiger partial charge in [0.05, 0.1) is 14.7 Å². The fourth-order valence-electron chi connectivity index (χ4n) is 2.49. The molecule has 2 aromatic heterocycles. The lowest BCUT2D eigenvalue weighted by molar-refractivity contribution is -0.391. The van der Waals surface area contributed by atoms with Crippen molar-refractivity contribution in [1.82, 2.24) is 9.38 Å². The molecule has 0 saturated heterocycles. The van der Waals surface area contributed by atoms with Crippen LogP contribution in [0.15, 0.2) is 51.5 Å². The molecule has 25 heavy (non-hydrogen) atoms. The van der Waals surface area contributed by atoms with Gasteiger partial charge in [-0.25, -0.2) is 13.4 Å². The van der Waals surface area contributed by atoms with E-state index in [1.165, 1.54) is 10.6 Å². The fraction of sp³-hybridized carbons (Fsp3) is 0.133. The number of hydrogen-bond acceptors (Lipinski definition) is 5. The van der Waals surface area contributed by atoms with Gasteiger partial charge in [-0.1, -0.05) is 30.3 Å². The number of pyridine rings is 1. The highest BCUT2D eigenvalue weighted by Gasteiger charge is 2.28. The largest absolute Gasteiger partial charge is 0.358 e. The summed E-state index contributed by atoms with van der Waals surface area (Å²) in [6.45, 7) is 0. The summed E-state index contributed by atoms with van der Waals surface area (Å²) in [5.74, 6) is -1.07. The predicted octanol–water partition coefficient (Wildman–Crippen LogP) is 3.88. The van der Waals surface area contributed by atoms with E-state index in [0.29, 0.717) is 20.2 Å². The third kappa shape index (κ3) is 3.91. The van der Waals surface area contributed by atoms with E-state index in [0.717, 1.165) is 0 Å². The lowest BCUT2D eigenvalue weighted by atomic mass is 10.2.